The number of amides is 1. The molecule has 1 aromatic heterocycles. The molecule has 4 aromatic rings. The molecule has 7 nitrogen and oxygen atoms in total. The smallest absolute Gasteiger partial charge is 0.332 e. The molecule has 0 aliphatic heterocycles. The van der Waals surface area contributed by atoms with E-state index in [-0.39, 0.29) is 13.1 Å². The predicted molar refractivity (Wildman–Crippen MR) is 125 cm³/mol. The summed E-state index contributed by atoms with van der Waals surface area (Å²) < 4.78 is 20.6. The van der Waals surface area contributed by atoms with Gasteiger partial charge in [-0.2, -0.15) is 0 Å². The van der Waals surface area contributed by atoms with Crippen LogP contribution in [0.3, 0.4) is 0 Å². The lowest BCUT2D eigenvalue weighted by atomic mass is 10.2. The minimum Gasteiger partial charge on any atom is -0.495 e. The Hall–Kier alpha value is -3.91. The van der Waals surface area contributed by atoms with Gasteiger partial charge in [0.05, 0.1) is 29.6 Å². The Morgan fingerprint density at radius 2 is 1.76 bits per heavy atom. The van der Waals surface area contributed by atoms with Gasteiger partial charge in [0.2, 0.25) is 5.91 Å². The van der Waals surface area contributed by atoms with E-state index in [1.165, 1.54) is 42.0 Å². The molecule has 4 rings (SSSR count). The fourth-order valence-corrected chi connectivity index (χ4v) is 3.78. The summed E-state index contributed by atoms with van der Waals surface area (Å²) in [5, 5.41) is 3.31. The van der Waals surface area contributed by atoms with Crippen molar-refractivity contribution in [1.82, 2.24) is 9.13 Å². The molecular formula is C24H19ClFN3O4. The first-order valence-corrected chi connectivity index (χ1v) is 10.4. The van der Waals surface area contributed by atoms with Crippen molar-refractivity contribution in [3.05, 3.63) is 104 Å². The van der Waals surface area contributed by atoms with Gasteiger partial charge in [-0.25, -0.2) is 9.18 Å². The van der Waals surface area contributed by atoms with Gasteiger partial charge in [-0.05, 0) is 48.0 Å². The number of halogens is 2. The molecule has 0 aliphatic rings. The van der Waals surface area contributed by atoms with E-state index < -0.39 is 23.0 Å². The fourth-order valence-electron chi connectivity index (χ4n) is 3.52. The Morgan fingerprint density at radius 1 is 1.03 bits per heavy atom. The normalized spacial score (nSPS) is 10.9. The first-order valence-electron chi connectivity index (χ1n) is 9.97. The molecule has 0 saturated carbocycles. The van der Waals surface area contributed by atoms with Crippen LogP contribution in [0, 0.1) is 5.82 Å². The Balaban J connectivity index is 1.71. The molecule has 0 saturated heterocycles. The summed E-state index contributed by atoms with van der Waals surface area (Å²) in [6.45, 7) is -0.384. The summed E-state index contributed by atoms with van der Waals surface area (Å²) in [5.41, 5.74) is 0.216. The number of carbonyl (C=O) groups is 1. The van der Waals surface area contributed by atoms with Crippen LogP contribution >= 0.6 is 11.6 Å². The van der Waals surface area contributed by atoms with Crippen molar-refractivity contribution < 1.29 is 13.9 Å². The van der Waals surface area contributed by atoms with Gasteiger partial charge in [0, 0.05) is 5.69 Å². The molecule has 1 heterocycles. The van der Waals surface area contributed by atoms with Crippen molar-refractivity contribution >= 4 is 34.1 Å². The van der Waals surface area contributed by atoms with E-state index in [1.807, 2.05) is 0 Å². The van der Waals surface area contributed by atoms with Gasteiger partial charge >= 0.3 is 5.69 Å². The number of hydrogen-bond acceptors (Lipinski definition) is 4. The van der Waals surface area contributed by atoms with Crippen LogP contribution in [0.4, 0.5) is 10.1 Å². The van der Waals surface area contributed by atoms with Gasteiger partial charge in [-0.1, -0.05) is 35.9 Å². The quantitative estimate of drug-likeness (QED) is 0.469. The van der Waals surface area contributed by atoms with Crippen molar-refractivity contribution in [3.8, 4) is 5.75 Å². The highest BCUT2D eigenvalue weighted by molar-refractivity contribution is 6.32. The fraction of sp³-hybridized carbons (Fsp3) is 0.125. The first kappa shape index (κ1) is 22.3. The molecule has 0 aliphatic carbocycles. The van der Waals surface area contributed by atoms with Gasteiger partial charge in [-0.15, -0.1) is 0 Å². The third-order valence-corrected chi connectivity index (χ3v) is 5.42. The van der Waals surface area contributed by atoms with Crippen molar-refractivity contribution in [2.24, 2.45) is 0 Å². The zero-order valence-corrected chi connectivity index (χ0v) is 18.3. The zero-order valence-electron chi connectivity index (χ0n) is 17.5. The molecule has 168 valence electrons. The largest absolute Gasteiger partial charge is 0.495 e. The van der Waals surface area contributed by atoms with Gasteiger partial charge in [0.15, 0.2) is 0 Å². The monoisotopic (exact) mass is 467 g/mol. The van der Waals surface area contributed by atoms with Crippen LogP contribution in [-0.4, -0.2) is 22.2 Å². The SMILES string of the molecule is COc1ccc(NC(=O)Cn2c(=O)n(Cc3ccc(F)cc3)c(=O)c3ccccc32)cc1Cl. The number of carbonyl (C=O) groups excluding carboxylic acids is 1. The van der Waals surface area contributed by atoms with Crippen LogP contribution in [-0.2, 0) is 17.9 Å². The number of ether oxygens (including phenoxy) is 1. The zero-order chi connectivity index (χ0) is 23.5. The predicted octanol–water partition coefficient (Wildman–Crippen LogP) is 3.65. The minimum absolute atomic E-state index is 0.0571. The van der Waals surface area contributed by atoms with Crippen LogP contribution in [0.2, 0.25) is 5.02 Å². The molecule has 9 heteroatoms. The van der Waals surface area contributed by atoms with Gasteiger partial charge < -0.3 is 10.1 Å². The topological polar surface area (TPSA) is 82.3 Å². The Labute approximate surface area is 192 Å². The maximum atomic E-state index is 13.3. The van der Waals surface area contributed by atoms with E-state index in [2.05, 4.69) is 5.32 Å². The van der Waals surface area contributed by atoms with Crippen LogP contribution in [0.1, 0.15) is 5.56 Å². The molecular weight excluding hydrogens is 449 g/mol. The van der Waals surface area contributed by atoms with Crippen molar-refractivity contribution in [1.29, 1.82) is 0 Å². The average molecular weight is 468 g/mol. The molecule has 3 aromatic carbocycles. The maximum Gasteiger partial charge on any atom is 0.332 e. The number of para-hydroxylation sites is 1. The summed E-state index contributed by atoms with van der Waals surface area (Å²) in [7, 11) is 1.48. The number of rotatable bonds is 6. The molecule has 0 fully saturated rings. The highest BCUT2D eigenvalue weighted by atomic mass is 35.5. The van der Waals surface area contributed by atoms with Crippen LogP contribution in [0.25, 0.3) is 10.9 Å². The number of nitrogens with one attached hydrogen (secondary N) is 1. The molecule has 0 radical (unpaired) electrons. The number of fused-ring (bicyclic) bond motifs is 1. The minimum atomic E-state index is -0.647. The lowest BCUT2D eigenvalue weighted by molar-refractivity contribution is -0.116. The van der Waals surface area contributed by atoms with Crippen LogP contribution in [0.15, 0.2) is 76.3 Å². The molecule has 1 N–H and O–H groups in total. The highest BCUT2D eigenvalue weighted by Gasteiger charge is 2.16. The summed E-state index contributed by atoms with van der Waals surface area (Å²) in [5.74, 6) is -0.433. The maximum absolute atomic E-state index is 13.3. The number of hydrogen-bond donors (Lipinski definition) is 1. The number of benzene rings is 3. The van der Waals surface area contributed by atoms with Crippen molar-refractivity contribution in [2.45, 2.75) is 13.1 Å². The van der Waals surface area contributed by atoms with E-state index in [1.54, 1.807) is 36.4 Å². The highest BCUT2D eigenvalue weighted by Crippen LogP contribution is 2.27. The van der Waals surface area contributed by atoms with Crippen LogP contribution < -0.4 is 21.3 Å². The van der Waals surface area contributed by atoms with E-state index in [9.17, 15) is 18.8 Å². The second-order valence-corrected chi connectivity index (χ2v) is 7.71. The Bertz CT molecular complexity index is 1460. The number of nitrogens with zero attached hydrogens (tertiary/aromatic N) is 2. The van der Waals surface area contributed by atoms with E-state index >= 15 is 0 Å². The lowest BCUT2D eigenvalue weighted by Crippen LogP contribution is -2.42. The second kappa shape index (κ2) is 9.30. The van der Waals surface area contributed by atoms with E-state index in [4.69, 9.17) is 16.3 Å². The summed E-state index contributed by atoms with van der Waals surface area (Å²) in [6, 6.07) is 16.9. The van der Waals surface area contributed by atoms with E-state index in [0.29, 0.717) is 32.9 Å². The Kier molecular flexibility index (Phi) is 6.28. The lowest BCUT2D eigenvalue weighted by Gasteiger charge is -2.14. The van der Waals surface area contributed by atoms with Gasteiger partial charge in [0.25, 0.3) is 5.56 Å². The summed E-state index contributed by atoms with van der Waals surface area (Å²) in [6.07, 6.45) is 0. The van der Waals surface area contributed by atoms with Gasteiger partial charge in [0.1, 0.15) is 18.1 Å². The van der Waals surface area contributed by atoms with Gasteiger partial charge in [-0.3, -0.25) is 18.7 Å². The molecule has 0 atom stereocenters. The number of anilines is 1. The van der Waals surface area contributed by atoms with Crippen LogP contribution in [0.5, 0.6) is 5.75 Å². The third kappa shape index (κ3) is 4.65. The van der Waals surface area contributed by atoms with E-state index in [0.717, 1.165) is 4.57 Å². The number of aromatic nitrogens is 2. The molecule has 0 bridgehead atoms. The first-order chi connectivity index (χ1) is 15.9. The Morgan fingerprint density at radius 3 is 2.45 bits per heavy atom. The molecule has 33 heavy (non-hydrogen) atoms. The van der Waals surface area contributed by atoms with Crippen molar-refractivity contribution in [3.63, 3.8) is 0 Å². The summed E-state index contributed by atoms with van der Waals surface area (Å²) in [4.78, 5) is 39.0. The second-order valence-electron chi connectivity index (χ2n) is 7.30. The molecule has 0 spiro atoms. The standard InChI is InChI=1S/C24H19ClFN3O4/c1-33-21-11-10-17(12-19(21)25)27-22(30)14-28-20-5-3-2-4-18(20)23(31)29(24(28)32)13-15-6-8-16(26)9-7-15/h2-12H,13-14H2,1H3,(H,27,30). The average Bonchev–Trinajstić information content (AvgIpc) is 2.81. The number of methoxy groups -OCH3 is 1. The molecule has 0 unspecified atom stereocenters. The third-order valence-electron chi connectivity index (χ3n) is 5.12. The van der Waals surface area contributed by atoms with Crippen molar-refractivity contribution in [2.75, 3.05) is 12.4 Å². The molecule has 1 amide bonds. The summed E-state index contributed by atoms with van der Waals surface area (Å²) >= 11 is 6.11.